The summed E-state index contributed by atoms with van der Waals surface area (Å²) in [6.07, 6.45) is -4.43. The van der Waals surface area contributed by atoms with Gasteiger partial charge in [-0.15, -0.1) is 0 Å². The summed E-state index contributed by atoms with van der Waals surface area (Å²) in [6, 6.07) is 4.27. The van der Waals surface area contributed by atoms with Crippen molar-refractivity contribution in [2.75, 3.05) is 26.2 Å². The van der Waals surface area contributed by atoms with Crippen molar-refractivity contribution in [2.45, 2.75) is 25.7 Å². The fourth-order valence-electron chi connectivity index (χ4n) is 2.88. The molecule has 146 valence electrons. The molecule has 1 aromatic carbocycles. The number of benzene rings is 1. The Morgan fingerprint density at radius 1 is 1.30 bits per heavy atom. The number of aromatic nitrogens is 2. The first-order valence-electron chi connectivity index (χ1n) is 8.51. The van der Waals surface area contributed by atoms with E-state index in [1.807, 2.05) is 4.90 Å². The molecule has 0 aliphatic carbocycles. The van der Waals surface area contributed by atoms with Crippen molar-refractivity contribution in [3.05, 3.63) is 35.7 Å². The Balaban J connectivity index is 1.62. The van der Waals surface area contributed by atoms with E-state index in [4.69, 9.17) is 10.3 Å². The van der Waals surface area contributed by atoms with E-state index in [9.17, 15) is 18.0 Å². The monoisotopic (exact) mass is 383 g/mol. The van der Waals surface area contributed by atoms with Gasteiger partial charge in [0.1, 0.15) is 0 Å². The predicted octanol–water partition coefficient (Wildman–Crippen LogP) is 1.75. The van der Waals surface area contributed by atoms with Gasteiger partial charge >= 0.3 is 6.18 Å². The van der Waals surface area contributed by atoms with Crippen molar-refractivity contribution in [3.63, 3.8) is 0 Å². The molecular formula is C17H20F3N5O2. The zero-order chi connectivity index (χ0) is 19.6. The first-order valence-corrected chi connectivity index (χ1v) is 8.51. The normalized spacial score (nSPS) is 17.1. The molecule has 3 rings (SSSR count). The second kappa shape index (κ2) is 7.65. The van der Waals surface area contributed by atoms with Gasteiger partial charge in [-0.25, -0.2) is 0 Å². The summed E-state index contributed by atoms with van der Waals surface area (Å²) in [5.74, 6) is 0.343. The molecule has 0 spiro atoms. The smallest absolute Gasteiger partial charge is 0.339 e. The Morgan fingerprint density at radius 2 is 2.00 bits per heavy atom. The summed E-state index contributed by atoms with van der Waals surface area (Å²) in [7, 11) is 0. The molecule has 1 saturated heterocycles. The number of nitrogens with zero attached hydrogens (tertiary/aromatic N) is 4. The maximum Gasteiger partial charge on any atom is 0.416 e. The molecule has 0 radical (unpaired) electrons. The van der Waals surface area contributed by atoms with Crippen LogP contribution in [0.5, 0.6) is 0 Å². The number of carbonyl (C=O) groups excluding carboxylic acids is 1. The number of nitrogens with two attached hydrogens (primary N) is 1. The summed E-state index contributed by atoms with van der Waals surface area (Å²) < 4.78 is 43.7. The fraction of sp³-hybridized carbons (Fsp3) is 0.471. The summed E-state index contributed by atoms with van der Waals surface area (Å²) in [5, 5.41) is 3.78. The minimum atomic E-state index is -4.43. The van der Waals surface area contributed by atoms with Gasteiger partial charge in [0.2, 0.25) is 17.6 Å². The van der Waals surface area contributed by atoms with Crippen molar-refractivity contribution < 1.29 is 22.5 Å². The first kappa shape index (κ1) is 19.3. The van der Waals surface area contributed by atoms with Gasteiger partial charge in [-0.2, -0.15) is 18.2 Å². The van der Waals surface area contributed by atoms with Crippen molar-refractivity contribution in [1.82, 2.24) is 19.9 Å². The second-order valence-electron chi connectivity index (χ2n) is 6.48. The van der Waals surface area contributed by atoms with Gasteiger partial charge in [0.25, 0.3) is 0 Å². The highest BCUT2D eigenvalue weighted by Crippen LogP contribution is 2.31. The molecule has 2 heterocycles. The van der Waals surface area contributed by atoms with Crippen LogP contribution >= 0.6 is 0 Å². The third-order valence-electron chi connectivity index (χ3n) is 4.35. The molecule has 27 heavy (non-hydrogen) atoms. The van der Waals surface area contributed by atoms with Crippen LogP contribution < -0.4 is 5.73 Å². The standard InChI is InChI=1S/C17H20F3N5O2/c1-11(21)16(26)25-7-5-24(6-8-25)10-14-22-15(23-27-14)12-3-2-4-13(9-12)17(18,19)20/h2-4,9,11H,5-8,10,21H2,1H3. The Labute approximate surface area is 153 Å². The van der Waals surface area contributed by atoms with Crippen molar-refractivity contribution in [2.24, 2.45) is 5.73 Å². The molecule has 1 atom stereocenters. The van der Waals surface area contributed by atoms with E-state index in [0.29, 0.717) is 38.6 Å². The molecule has 2 aromatic rings. The maximum absolute atomic E-state index is 12.8. The summed E-state index contributed by atoms with van der Waals surface area (Å²) in [5.41, 5.74) is 5.09. The minimum absolute atomic E-state index is 0.0840. The number of rotatable bonds is 4. The van der Waals surface area contributed by atoms with Crippen molar-refractivity contribution >= 4 is 5.91 Å². The highest BCUT2D eigenvalue weighted by molar-refractivity contribution is 5.81. The lowest BCUT2D eigenvalue weighted by Crippen LogP contribution is -2.52. The van der Waals surface area contributed by atoms with Crippen LogP contribution in [0.1, 0.15) is 18.4 Å². The number of hydrogen-bond donors (Lipinski definition) is 1. The SMILES string of the molecule is CC(N)C(=O)N1CCN(Cc2nc(-c3cccc(C(F)(F)F)c3)no2)CC1. The molecule has 1 unspecified atom stereocenters. The van der Waals surface area contributed by atoms with Crippen LogP contribution in [0.15, 0.2) is 28.8 Å². The van der Waals surface area contributed by atoms with E-state index >= 15 is 0 Å². The maximum atomic E-state index is 12.8. The van der Waals surface area contributed by atoms with Gasteiger partial charge in [-0.1, -0.05) is 17.3 Å². The van der Waals surface area contributed by atoms with E-state index in [1.165, 1.54) is 12.1 Å². The van der Waals surface area contributed by atoms with Crippen LogP contribution in [0.3, 0.4) is 0 Å². The van der Waals surface area contributed by atoms with E-state index in [1.54, 1.807) is 11.8 Å². The largest absolute Gasteiger partial charge is 0.416 e. The zero-order valence-corrected chi connectivity index (χ0v) is 14.7. The van der Waals surface area contributed by atoms with Crippen LogP contribution in [-0.2, 0) is 17.5 Å². The lowest BCUT2D eigenvalue weighted by molar-refractivity contribution is -0.137. The van der Waals surface area contributed by atoms with Crippen LogP contribution in [-0.4, -0.2) is 58.1 Å². The first-order chi connectivity index (χ1) is 12.7. The van der Waals surface area contributed by atoms with Crippen molar-refractivity contribution in [1.29, 1.82) is 0 Å². The quantitative estimate of drug-likeness (QED) is 0.865. The number of alkyl halides is 3. The number of carbonyl (C=O) groups is 1. The second-order valence-corrected chi connectivity index (χ2v) is 6.48. The van der Waals surface area contributed by atoms with Crippen LogP contribution in [0.2, 0.25) is 0 Å². The highest BCUT2D eigenvalue weighted by Gasteiger charge is 2.31. The topological polar surface area (TPSA) is 88.5 Å². The zero-order valence-electron chi connectivity index (χ0n) is 14.7. The molecule has 1 aliphatic heterocycles. The highest BCUT2D eigenvalue weighted by atomic mass is 19.4. The molecule has 0 bridgehead atoms. The molecule has 1 fully saturated rings. The Bertz CT molecular complexity index is 798. The number of amides is 1. The molecule has 1 aliphatic rings. The number of piperazine rings is 1. The molecule has 0 saturated carbocycles. The Morgan fingerprint density at radius 3 is 2.63 bits per heavy atom. The molecule has 2 N–H and O–H groups in total. The molecule has 1 amide bonds. The van der Waals surface area contributed by atoms with Gasteiger partial charge in [0.15, 0.2) is 0 Å². The van der Waals surface area contributed by atoms with Crippen molar-refractivity contribution in [3.8, 4) is 11.4 Å². The average molecular weight is 383 g/mol. The van der Waals surface area contributed by atoms with E-state index in [0.717, 1.165) is 12.1 Å². The summed E-state index contributed by atoms with van der Waals surface area (Å²) >= 11 is 0. The summed E-state index contributed by atoms with van der Waals surface area (Å²) in [6.45, 7) is 4.37. The molecule has 7 nitrogen and oxygen atoms in total. The molecule has 1 aromatic heterocycles. The number of halogens is 3. The van der Waals surface area contributed by atoms with Crippen LogP contribution in [0.4, 0.5) is 13.2 Å². The minimum Gasteiger partial charge on any atom is -0.339 e. The predicted molar refractivity (Wildman–Crippen MR) is 90.2 cm³/mol. The van der Waals surface area contributed by atoms with Gasteiger partial charge in [0, 0.05) is 31.7 Å². The lowest BCUT2D eigenvalue weighted by atomic mass is 10.1. The third-order valence-corrected chi connectivity index (χ3v) is 4.35. The number of hydrogen-bond acceptors (Lipinski definition) is 6. The van der Waals surface area contributed by atoms with Crippen LogP contribution in [0.25, 0.3) is 11.4 Å². The van der Waals surface area contributed by atoms with E-state index < -0.39 is 17.8 Å². The summed E-state index contributed by atoms with van der Waals surface area (Å²) in [4.78, 5) is 19.8. The van der Waals surface area contributed by atoms with Crippen LogP contribution in [0, 0.1) is 0 Å². The third kappa shape index (κ3) is 4.64. The van der Waals surface area contributed by atoms with Gasteiger partial charge < -0.3 is 15.2 Å². The lowest BCUT2D eigenvalue weighted by Gasteiger charge is -2.34. The van der Waals surface area contributed by atoms with E-state index in [2.05, 4.69) is 10.1 Å². The van der Waals surface area contributed by atoms with E-state index in [-0.39, 0.29) is 17.3 Å². The van der Waals surface area contributed by atoms with Gasteiger partial charge in [-0.3, -0.25) is 9.69 Å². The molecular weight excluding hydrogens is 363 g/mol. The van der Waals surface area contributed by atoms with Gasteiger partial charge in [0.05, 0.1) is 18.2 Å². The Hall–Kier alpha value is -2.46. The molecule has 10 heteroatoms. The Kier molecular flexibility index (Phi) is 5.47. The average Bonchev–Trinajstić information content (AvgIpc) is 3.09. The van der Waals surface area contributed by atoms with Gasteiger partial charge in [-0.05, 0) is 19.1 Å². The fourth-order valence-corrected chi connectivity index (χ4v) is 2.88.